The number of nitrogens with zero attached hydrogens (tertiary/aromatic N) is 4. The lowest BCUT2D eigenvalue weighted by atomic mass is 10.4. The number of nitrogens with one attached hydrogen (secondary N) is 1. The van der Waals surface area contributed by atoms with Crippen molar-refractivity contribution in [2.45, 2.75) is 20.0 Å². The monoisotopic (exact) mass is 239 g/mol. The number of aryl methyl sites for hydroxylation is 1. The zero-order valence-electron chi connectivity index (χ0n) is 10.4. The maximum atomic E-state index is 5.31. The van der Waals surface area contributed by atoms with Gasteiger partial charge in [-0.25, -0.2) is 9.67 Å². The molecule has 0 aromatic carbocycles. The Morgan fingerprint density at radius 3 is 3.00 bits per heavy atom. The van der Waals surface area contributed by atoms with Gasteiger partial charge in [-0.1, -0.05) is 0 Å². The van der Waals surface area contributed by atoms with Crippen molar-refractivity contribution in [3.63, 3.8) is 0 Å². The molecule has 1 fully saturated rings. The number of rotatable bonds is 6. The molecule has 0 bridgehead atoms. The van der Waals surface area contributed by atoms with E-state index in [1.54, 1.807) is 6.33 Å². The summed E-state index contributed by atoms with van der Waals surface area (Å²) in [5.41, 5.74) is 0. The summed E-state index contributed by atoms with van der Waals surface area (Å²) in [6, 6.07) is 0. The van der Waals surface area contributed by atoms with Gasteiger partial charge in [-0.15, -0.1) is 0 Å². The van der Waals surface area contributed by atoms with Crippen LogP contribution in [0.4, 0.5) is 0 Å². The van der Waals surface area contributed by atoms with Gasteiger partial charge in [0, 0.05) is 32.7 Å². The minimum absolute atomic E-state index is 0.790. The Balaban J connectivity index is 1.62. The summed E-state index contributed by atoms with van der Waals surface area (Å²) in [6.07, 6.45) is 1.61. The van der Waals surface area contributed by atoms with E-state index in [-0.39, 0.29) is 0 Å². The molecule has 1 aliphatic heterocycles. The van der Waals surface area contributed by atoms with Gasteiger partial charge < -0.3 is 10.1 Å². The van der Waals surface area contributed by atoms with Gasteiger partial charge in [-0.05, 0) is 6.92 Å². The average Bonchev–Trinajstić information content (AvgIpc) is 2.83. The van der Waals surface area contributed by atoms with E-state index in [0.717, 1.165) is 58.3 Å². The molecule has 0 unspecified atom stereocenters. The van der Waals surface area contributed by atoms with Crippen LogP contribution in [0.2, 0.25) is 0 Å². The third-order valence-corrected chi connectivity index (χ3v) is 2.99. The van der Waals surface area contributed by atoms with Crippen molar-refractivity contribution in [1.29, 1.82) is 0 Å². The highest BCUT2D eigenvalue weighted by Gasteiger charge is 2.09. The van der Waals surface area contributed by atoms with Crippen LogP contribution in [0.15, 0.2) is 6.33 Å². The predicted octanol–water partition coefficient (Wildman–Crippen LogP) is -0.280. The van der Waals surface area contributed by atoms with Gasteiger partial charge in [-0.2, -0.15) is 5.10 Å². The van der Waals surface area contributed by atoms with E-state index < -0.39 is 0 Å². The molecule has 1 N–H and O–H groups in total. The van der Waals surface area contributed by atoms with Crippen molar-refractivity contribution in [1.82, 2.24) is 25.0 Å². The van der Waals surface area contributed by atoms with Gasteiger partial charge in [0.2, 0.25) is 0 Å². The molecule has 1 aromatic heterocycles. The van der Waals surface area contributed by atoms with Crippen LogP contribution in [0.25, 0.3) is 0 Å². The molecule has 0 aliphatic carbocycles. The van der Waals surface area contributed by atoms with E-state index in [1.165, 1.54) is 0 Å². The normalized spacial score (nSPS) is 17.5. The summed E-state index contributed by atoms with van der Waals surface area (Å²) in [6.45, 7) is 9.62. The Labute approximate surface area is 102 Å². The van der Waals surface area contributed by atoms with Crippen molar-refractivity contribution in [3.8, 4) is 0 Å². The first kappa shape index (κ1) is 12.5. The van der Waals surface area contributed by atoms with E-state index in [2.05, 4.69) is 27.2 Å². The van der Waals surface area contributed by atoms with Crippen molar-refractivity contribution in [3.05, 3.63) is 12.2 Å². The molecule has 2 heterocycles. The van der Waals surface area contributed by atoms with Gasteiger partial charge in [-0.3, -0.25) is 4.90 Å². The van der Waals surface area contributed by atoms with Gasteiger partial charge >= 0.3 is 0 Å². The zero-order chi connectivity index (χ0) is 11.9. The summed E-state index contributed by atoms with van der Waals surface area (Å²) in [5.74, 6) is 1.01. The van der Waals surface area contributed by atoms with Gasteiger partial charge in [0.15, 0.2) is 0 Å². The molecule has 0 amide bonds. The fourth-order valence-electron chi connectivity index (χ4n) is 1.95. The fourth-order valence-corrected chi connectivity index (χ4v) is 1.95. The lowest BCUT2D eigenvalue weighted by molar-refractivity contribution is 0.0384. The number of aromatic nitrogens is 3. The number of morpholine rings is 1. The van der Waals surface area contributed by atoms with Crippen LogP contribution >= 0.6 is 0 Å². The highest BCUT2D eigenvalue weighted by Crippen LogP contribution is 1.96. The Kier molecular flexibility index (Phi) is 4.90. The van der Waals surface area contributed by atoms with E-state index in [9.17, 15) is 0 Å². The van der Waals surface area contributed by atoms with E-state index >= 15 is 0 Å². The Morgan fingerprint density at radius 1 is 1.41 bits per heavy atom. The predicted molar refractivity (Wildman–Crippen MR) is 64.7 cm³/mol. The van der Waals surface area contributed by atoms with Gasteiger partial charge in [0.25, 0.3) is 0 Å². The molecule has 1 saturated heterocycles. The molecular formula is C11H21N5O. The van der Waals surface area contributed by atoms with Crippen molar-refractivity contribution in [2.24, 2.45) is 0 Å². The molecule has 17 heavy (non-hydrogen) atoms. The van der Waals surface area contributed by atoms with Crippen LogP contribution in [0.3, 0.4) is 0 Å². The summed E-state index contributed by atoms with van der Waals surface area (Å²) in [5, 5.41) is 7.55. The molecular weight excluding hydrogens is 218 g/mol. The fraction of sp³-hybridized carbons (Fsp3) is 0.818. The molecule has 0 atom stereocenters. The van der Waals surface area contributed by atoms with E-state index in [0.29, 0.717) is 0 Å². The highest BCUT2D eigenvalue weighted by atomic mass is 16.5. The first-order chi connectivity index (χ1) is 8.40. The van der Waals surface area contributed by atoms with Crippen LogP contribution in [0.1, 0.15) is 12.7 Å². The van der Waals surface area contributed by atoms with Crippen LogP contribution in [-0.4, -0.2) is 59.1 Å². The van der Waals surface area contributed by atoms with Gasteiger partial charge in [0.05, 0.1) is 19.8 Å². The maximum Gasteiger partial charge on any atom is 0.140 e. The standard InChI is InChI=1S/C11H21N5O/c1-2-16-11(13-10-14-16)9-12-3-4-15-5-7-17-8-6-15/h10,12H,2-9H2,1H3. The summed E-state index contributed by atoms with van der Waals surface area (Å²) in [7, 11) is 0. The molecule has 0 radical (unpaired) electrons. The summed E-state index contributed by atoms with van der Waals surface area (Å²) in [4.78, 5) is 6.64. The lowest BCUT2D eigenvalue weighted by Crippen LogP contribution is -2.40. The molecule has 6 heteroatoms. The molecule has 1 aliphatic rings. The Morgan fingerprint density at radius 2 is 2.24 bits per heavy atom. The Hall–Kier alpha value is -0.980. The topological polar surface area (TPSA) is 55.2 Å². The molecule has 2 rings (SSSR count). The maximum absolute atomic E-state index is 5.31. The summed E-state index contributed by atoms with van der Waals surface area (Å²) >= 11 is 0. The van der Waals surface area contributed by atoms with E-state index in [4.69, 9.17) is 4.74 Å². The third-order valence-electron chi connectivity index (χ3n) is 2.99. The lowest BCUT2D eigenvalue weighted by Gasteiger charge is -2.26. The quantitative estimate of drug-likeness (QED) is 0.692. The van der Waals surface area contributed by atoms with Crippen LogP contribution in [0.5, 0.6) is 0 Å². The SMILES string of the molecule is CCn1ncnc1CNCCN1CCOCC1. The first-order valence-corrected chi connectivity index (χ1v) is 6.27. The van der Waals surface area contributed by atoms with Crippen molar-refractivity contribution < 1.29 is 4.74 Å². The van der Waals surface area contributed by atoms with Crippen LogP contribution in [-0.2, 0) is 17.8 Å². The van der Waals surface area contributed by atoms with Crippen molar-refractivity contribution in [2.75, 3.05) is 39.4 Å². The van der Waals surface area contributed by atoms with Gasteiger partial charge in [0.1, 0.15) is 12.2 Å². The first-order valence-electron chi connectivity index (χ1n) is 6.27. The largest absolute Gasteiger partial charge is 0.379 e. The minimum Gasteiger partial charge on any atom is -0.379 e. The smallest absolute Gasteiger partial charge is 0.140 e. The average molecular weight is 239 g/mol. The second kappa shape index (κ2) is 6.68. The number of hydrogen-bond donors (Lipinski definition) is 1. The summed E-state index contributed by atoms with van der Waals surface area (Å²) < 4.78 is 7.23. The van der Waals surface area contributed by atoms with E-state index in [1.807, 2.05) is 4.68 Å². The number of ether oxygens (including phenoxy) is 1. The minimum atomic E-state index is 0.790. The zero-order valence-corrected chi connectivity index (χ0v) is 10.4. The molecule has 1 aromatic rings. The van der Waals surface area contributed by atoms with Crippen LogP contribution in [0, 0.1) is 0 Å². The second-order valence-corrected chi connectivity index (χ2v) is 4.12. The molecule has 0 saturated carbocycles. The second-order valence-electron chi connectivity index (χ2n) is 4.12. The molecule has 6 nitrogen and oxygen atoms in total. The Bertz CT molecular complexity index is 321. The molecule has 0 spiro atoms. The third kappa shape index (κ3) is 3.76. The van der Waals surface area contributed by atoms with Crippen LogP contribution < -0.4 is 5.32 Å². The number of hydrogen-bond acceptors (Lipinski definition) is 5. The highest BCUT2D eigenvalue weighted by molar-refractivity contribution is 4.83. The van der Waals surface area contributed by atoms with Crippen molar-refractivity contribution >= 4 is 0 Å². The molecule has 96 valence electrons.